The molecule has 3 heterocycles. The second-order valence-electron chi connectivity index (χ2n) is 10.1. The summed E-state index contributed by atoms with van der Waals surface area (Å²) < 4.78 is 9.19. The van der Waals surface area contributed by atoms with Crippen LogP contribution in [-0.4, -0.2) is 63.4 Å². The minimum Gasteiger partial charge on any atom is -0.444 e. The van der Waals surface area contributed by atoms with Crippen molar-refractivity contribution in [3.8, 4) is 0 Å². The van der Waals surface area contributed by atoms with Crippen LogP contribution in [0, 0.1) is 5.92 Å². The fourth-order valence-electron chi connectivity index (χ4n) is 4.61. The van der Waals surface area contributed by atoms with Crippen molar-refractivity contribution in [2.45, 2.75) is 58.3 Å². The molecule has 2 aromatic rings. The number of carbonyl (C=O) groups is 1. The molecule has 2 aliphatic heterocycles. The third kappa shape index (κ3) is 5.00. The number of carbonyl (C=O) groups excluding carboxylic acids is 1. The van der Waals surface area contributed by atoms with E-state index in [1.807, 2.05) is 33.9 Å². The molecule has 0 unspecified atom stereocenters. The molecule has 2 aliphatic rings. The zero-order chi connectivity index (χ0) is 24.1. The number of fused-ring (bicyclic) bond motifs is 1. The average Bonchev–Trinajstić information content (AvgIpc) is 3.08. The average molecular weight is 542 g/mol. The maximum atomic E-state index is 13.2. The van der Waals surface area contributed by atoms with E-state index in [0.717, 1.165) is 19.4 Å². The molecule has 0 aliphatic carbocycles. The third-order valence-corrected chi connectivity index (χ3v) is 7.58. The molecule has 2 saturated heterocycles. The highest BCUT2D eigenvalue weighted by atomic mass is 79.9. The van der Waals surface area contributed by atoms with Gasteiger partial charge in [0.2, 0.25) is 0 Å². The summed E-state index contributed by atoms with van der Waals surface area (Å²) in [6.45, 7) is 8.22. The van der Waals surface area contributed by atoms with Gasteiger partial charge in [0, 0.05) is 42.6 Å². The molecule has 2 fully saturated rings. The van der Waals surface area contributed by atoms with E-state index in [9.17, 15) is 14.4 Å². The predicted octanol–water partition coefficient (Wildman–Crippen LogP) is 3.54. The number of nitrogens with zero attached hydrogens (tertiary/aromatic N) is 4. The molecule has 4 rings (SSSR count). The van der Waals surface area contributed by atoms with E-state index in [1.54, 1.807) is 15.5 Å². The highest BCUT2D eigenvalue weighted by molar-refractivity contribution is 9.10. The number of likely N-dealkylation sites (tertiary alicyclic amines) is 2. The molecule has 0 saturated carbocycles. The lowest BCUT2D eigenvalue weighted by Gasteiger charge is -2.40. The Hall–Kier alpha value is -1.84. The SMILES string of the molecule is CN1CCC[C@H]1Cn1c(=O)c(=O)n(CC2CN(C(=O)OC(C)(C)C)C2)c2cc(Cl)c(Br)cc21. The van der Waals surface area contributed by atoms with E-state index in [1.165, 1.54) is 4.57 Å². The second-order valence-corrected chi connectivity index (χ2v) is 11.4. The Labute approximate surface area is 206 Å². The van der Waals surface area contributed by atoms with Gasteiger partial charge in [0.25, 0.3) is 0 Å². The van der Waals surface area contributed by atoms with Gasteiger partial charge < -0.3 is 23.7 Å². The van der Waals surface area contributed by atoms with Crippen LogP contribution in [0.3, 0.4) is 0 Å². The van der Waals surface area contributed by atoms with E-state index in [4.69, 9.17) is 16.3 Å². The van der Waals surface area contributed by atoms with Crippen molar-refractivity contribution in [3.63, 3.8) is 0 Å². The number of benzene rings is 1. The van der Waals surface area contributed by atoms with Crippen molar-refractivity contribution in [1.29, 1.82) is 0 Å². The van der Waals surface area contributed by atoms with Crippen molar-refractivity contribution in [2.24, 2.45) is 5.92 Å². The van der Waals surface area contributed by atoms with Gasteiger partial charge in [-0.05, 0) is 75.3 Å². The lowest BCUT2D eigenvalue weighted by Crippen LogP contribution is -2.54. The highest BCUT2D eigenvalue weighted by Crippen LogP contribution is 2.29. The second kappa shape index (κ2) is 9.07. The van der Waals surface area contributed by atoms with Gasteiger partial charge in [0.15, 0.2) is 0 Å². The fraction of sp³-hybridized carbons (Fsp3) is 0.609. The standard InChI is InChI=1S/C23H30BrClN4O4/c1-23(2,3)33-22(32)27-10-14(11-27)12-28-19-9-17(25)16(24)8-18(19)29(21(31)20(28)30)13-15-6-5-7-26(15)4/h8-9,14-15H,5-7,10-13H2,1-4H3/t15-/m0/s1. The molecule has 8 nitrogen and oxygen atoms in total. The molecule has 33 heavy (non-hydrogen) atoms. The number of hydrogen-bond acceptors (Lipinski definition) is 5. The van der Waals surface area contributed by atoms with Gasteiger partial charge in [-0.3, -0.25) is 9.59 Å². The zero-order valence-electron chi connectivity index (χ0n) is 19.4. The molecule has 1 aromatic carbocycles. The Morgan fingerprint density at radius 2 is 1.73 bits per heavy atom. The molecule has 10 heteroatoms. The fourth-order valence-corrected chi connectivity index (χ4v) is 5.10. The van der Waals surface area contributed by atoms with Crippen molar-refractivity contribution in [1.82, 2.24) is 18.9 Å². The van der Waals surface area contributed by atoms with Crippen LogP contribution >= 0.6 is 27.5 Å². The Bertz CT molecular complexity index is 1200. The van der Waals surface area contributed by atoms with Gasteiger partial charge in [0.05, 0.1) is 16.1 Å². The number of likely N-dealkylation sites (N-methyl/N-ethyl adjacent to an activating group) is 1. The Balaban J connectivity index is 1.64. The Morgan fingerprint density at radius 1 is 1.12 bits per heavy atom. The van der Waals surface area contributed by atoms with Gasteiger partial charge in [-0.2, -0.15) is 0 Å². The molecule has 1 aromatic heterocycles. The lowest BCUT2D eigenvalue weighted by atomic mass is 10.0. The van der Waals surface area contributed by atoms with Gasteiger partial charge in [0.1, 0.15) is 5.60 Å². The van der Waals surface area contributed by atoms with Crippen LogP contribution in [0.25, 0.3) is 11.0 Å². The summed E-state index contributed by atoms with van der Waals surface area (Å²) in [5, 5.41) is 0.475. The van der Waals surface area contributed by atoms with E-state index < -0.39 is 16.7 Å². The third-order valence-electron chi connectivity index (χ3n) is 6.39. The number of amides is 1. The molecule has 0 spiro atoms. The summed E-state index contributed by atoms with van der Waals surface area (Å²) >= 11 is 9.84. The number of halogens is 2. The van der Waals surface area contributed by atoms with Crippen LogP contribution < -0.4 is 11.1 Å². The van der Waals surface area contributed by atoms with E-state index in [0.29, 0.717) is 46.7 Å². The first kappa shape index (κ1) is 24.3. The molecule has 180 valence electrons. The summed E-state index contributed by atoms with van der Waals surface area (Å²) in [5.74, 6) is 0.0528. The number of rotatable bonds is 4. The summed E-state index contributed by atoms with van der Waals surface area (Å²) in [6, 6.07) is 3.77. The molecule has 0 radical (unpaired) electrons. The van der Waals surface area contributed by atoms with Crippen LogP contribution in [0.4, 0.5) is 4.79 Å². The summed E-state index contributed by atoms with van der Waals surface area (Å²) in [6.07, 6.45) is 1.71. The number of ether oxygens (including phenoxy) is 1. The minimum absolute atomic E-state index is 0.0528. The van der Waals surface area contributed by atoms with Crippen LogP contribution in [-0.2, 0) is 17.8 Å². The Kier molecular flexibility index (Phi) is 6.68. The number of aromatic nitrogens is 2. The van der Waals surface area contributed by atoms with Crippen molar-refractivity contribution < 1.29 is 9.53 Å². The summed E-state index contributed by atoms with van der Waals surface area (Å²) in [5.41, 5.74) is -0.335. The van der Waals surface area contributed by atoms with E-state index in [2.05, 4.69) is 20.8 Å². The maximum absolute atomic E-state index is 13.2. The first-order valence-corrected chi connectivity index (χ1v) is 12.4. The maximum Gasteiger partial charge on any atom is 0.410 e. The van der Waals surface area contributed by atoms with Crippen LogP contribution in [0.1, 0.15) is 33.6 Å². The predicted molar refractivity (Wildman–Crippen MR) is 132 cm³/mol. The molecular weight excluding hydrogens is 512 g/mol. The first-order chi connectivity index (χ1) is 15.4. The highest BCUT2D eigenvalue weighted by Gasteiger charge is 2.34. The monoisotopic (exact) mass is 540 g/mol. The van der Waals surface area contributed by atoms with Gasteiger partial charge >= 0.3 is 17.2 Å². The largest absolute Gasteiger partial charge is 0.444 e. The van der Waals surface area contributed by atoms with E-state index in [-0.39, 0.29) is 18.1 Å². The molecule has 0 bridgehead atoms. The summed E-state index contributed by atoms with van der Waals surface area (Å²) in [4.78, 5) is 42.5. The lowest BCUT2D eigenvalue weighted by molar-refractivity contribution is -0.00331. The van der Waals surface area contributed by atoms with Crippen LogP contribution in [0.2, 0.25) is 5.02 Å². The first-order valence-electron chi connectivity index (χ1n) is 11.2. The minimum atomic E-state index is -0.558. The molecule has 0 N–H and O–H groups in total. The van der Waals surface area contributed by atoms with Crippen molar-refractivity contribution >= 4 is 44.7 Å². The molecule has 1 atom stereocenters. The van der Waals surface area contributed by atoms with Crippen LogP contribution in [0.5, 0.6) is 0 Å². The quantitative estimate of drug-likeness (QED) is 0.554. The Morgan fingerprint density at radius 3 is 2.30 bits per heavy atom. The topological polar surface area (TPSA) is 76.8 Å². The van der Waals surface area contributed by atoms with Crippen LogP contribution in [0.15, 0.2) is 26.2 Å². The van der Waals surface area contributed by atoms with Crippen molar-refractivity contribution in [3.05, 3.63) is 42.3 Å². The molecule has 1 amide bonds. The van der Waals surface area contributed by atoms with Gasteiger partial charge in [-0.15, -0.1) is 0 Å². The summed E-state index contributed by atoms with van der Waals surface area (Å²) in [7, 11) is 2.05. The van der Waals surface area contributed by atoms with Gasteiger partial charge in [-0.25, -0.2) is 4.79 Å². The van der Waals surface area contributed by atoms with Gasteiger partial charge in [-0.1, -0.05) is 11.6 Å². The zero-order valence-corrected chi connectivity index (χ0v) is 21.8. The normalized spacial score (nSPS) is 19.8. The smallest absolute Gasteiger partial charge is 0.410 e. The van der Waals surface area contributed by atoms with Crippen molar-refractivity contribution in [2.75, 3.05) is 26.7 Å². The molecular formula is C23H30BrClN4O4. The number of hydrogen-bond donors (Lipinski definition) is 0. The van der Waals surface area contributed by atoms with E-state index >= 15 is 0 Å².